The molecule has 7 nitrogen and oxygen atoms in total. The van der Waals surface area contributed by atoms with Crippen molar-refractivity contribution in [1.29, 1.82) is 0 Å². The molecule has 0 bridgehead atoms. The Balaban J connectivity index is 0. The molecule has 0 aliphatic carbocycles. The minimum absolute atomic E-state index is 0.0107. The highest BCUT2D eigenvalue weighted by Crippen LogP contribution is 2.01. The van der Waals surface area contributed by atoms with Crippen molar-refractivity contribution in [1.82, 2.24) is 4.90 Å². The van der Waals surface area contributed by atoms with Crippen LogP contribution in [0.1, 0.15) is 26.7 Å². The lowest BCUT2D eigenvalue weighted by Gasteiger charge is -2.24. The number of rotatable bonds is 8. The molecule has 2 N–H and O–H groups in total. The van der Waals surface area contributed by atoms with Crippen LogP contribution in [-0.2, 0) is 19.1 Å². The molecule has 0 aromatic carbocycles. The number of aliphatic hydroxyl groups is 1. The summed E-state index contributed by atoms with van der Waals surface area (Å²) in [5.41, 5.74) is 0. The molecule has 8 heteroatoms. The number of amides is 1. The summed E-state index contributed by atoms with van der Waals surface area (Å²) < 4.78 is 4.68. The Morgan fingerprint density at radius 3 is 2.40 bits per heavy atom. The zero-order chi connectivity index (χ0) is 16.0. The van der Waals surface area contributed by atoms with Gasteiger partial charge in [0, 0.05) is 32.2 Å². The molecule has 0 saturated carbocycles. The van der Waals surface area contributed by atoms with Crippen molar-refractivity contribution >= 4 is 31.0 Å². The van der Waals surface area contributed by atoms with E-state index >= 15 is 0 Å². The van der Waals surface area contributed by atoms with E-state index < -0.39 is 12.1 Å². The molecule has 0 saturated heterocycles. The van der Waals surface area contributed by atoms with Gasteiger partial charge in [-0.25, -0.2) is 0 Å². The number of thiol groups is 1. The summed E-state index contributed by atoms with van der Waals surface area (Å²) in [6.45, 7) is 3.52. The number of hydrogen-bond donors (Lipinski definition) is 3. The smallest absolute Gasteiger partial charge is 0.302 e. The summed E-state index contributed by atoms with van der Waals surface area (Å²) >= 11 is 4.07. The van der Waals surface area contributed by atoms with Gasteiger partial charge in [-0.05, 0) is 6.42 Å². The number of aliphatic hydroxyl groups excluding tert-OH is 1. The lowest BCUT2D eigenvalue weighted by atomic mass is 10.2. The SMILES string of the molecule is CCCC(=O)N(CCS)CC(O)COC(C)=O.O=CO. The van der Waals surface area contributed by atoms with Crippen molar-refractivity contribution in [2.45, 2.75) is 32.8 Å². The second-order valence-corrected chi connectivity index (χ2v) is 4.32. The Morgan fingerprint density at radius 1 is 1.45 bits per heavy atom. The summed E-state index contributed by atoms with van der Waals surface area (Å²) in [4.78, 5) is 32.2. The molecule has 0 aliphatic heterocycles. The van der Waals surface area contributed by atoms with Crippen LogP contribution in [0.4, 0.5) is 0 Å². The van der Waals surface area contributed by atoms with Crippen LogP contribution in [0.5, 0.6) is 0 Å². The van der Waals surface area contributed by atoms with Crippen LogP contribution < -0.4 is 0 Å². The fraction of sp³-hybridized carbons (Fsp3) is 0.750. The molecule has 20 heavy (non-hydrogen) atoms. The molecule has 0 fully saturated rings. The zero-order valence-electron chi connectivity index (χ0n) is 11.8. The molecule has 1 atom stereocenters. The van der Waals surface area contributed by atoms with Gasteiger partial charge in [-0.2, -0.15) is 12.6 Å². The predicted octanol–water partition coefficient (Wildman–Crippen LogP) is 0.170. The number of carbonyl (C=O) groups is 3. The van der Waals surface area contributed by atoms with Crippen molar-refractivity contribution in [3.05, 3.63) is 0 Å². The molecule has 0 heterocycles. The average Bonchev–Trinajstić information content (AvgIpc) is 2.37. The molecule has 0 spiro atoms. The van der Waals surface area contributed by atoms with E-state index in [0.717, 1.165) is 6.42 Å². The Hall–Kier alpha value is -1.28. The van der Waals surface area contributed by atoms with Crippen molar-refractivity contribution in [3.8, 4) is 0 Å². The van der Waals surface area contributed by atoms with Crippen LogP contribution >= 0.6 is 12.6 Å². The molecule has 0 radical (unpaired) electrons. The monoisotopic (exact) mass is 309 g/mol. The van der Waals surface area contributed by atoms with Gasteiger partial charge in [0.05, 0.1) is 0 Å². The van der Waals surface area contributed by atoms with Crippen LogP contribution in [0.25, 0.3) is 0 Å². The average molecular weight is 309 g/mol. The second kappa shape index (κ2) is 14.1. The number of esters is 1. The fourth-order valence-electron chi connectivity index (χ4n) is 1.33. The Morgan fingerprint density at radius 2 is 2.00 bits per heavy atom. The summed E-state index contributed by atoms with van der Waals surface area (Å²) in [5.74, 6) is 0.0866. The van der Waals surface area contributed by atoms with Crippen LogP contribution in [0.15, 0.2) is 0 Å². The lowest BCUT2D eigenvalue weighted by Crippen LogP contribution is -2.40. The predicted molar refractivity (Wildman–Crippen MR) is 76.7 cm³/mol. The number of carbonyl (C=O) groups excluding carboxylic acids is 2. The Bertz CT molecular complexity index is 287. The molecular weight excluding hydrogens is 286 g/mol. The van der Waals surface area contributed by atoms with E-state index in [1.807, 2.05) is 6.92 Å². The van der Waals surface area contributed by atoms with E-state index in [4.69, 9.17) is 9.90 Å². The summed E-state index contributed by atoms with van der Waals surface area (Å²) in [7, 11) is 0. The van der Waals surface area contributed by atoms with E-state index in [2.05, 4.69) is 17.4 Å². The number of carboxylic acid groups (broad SMARTS) is 1. The van der Waals surface area contributed by atoms with E-state index in [1.54, 1.807) is 4.90 Å². The first-order valence-corrected chi connectivity index (χ1v) is 6.84. The van der Waals surface area contributed by atoms with Crippen molar-refractivity contribution in [2.24, 2.45) is 0 Å². The largest absolute Gasteiger partial charge is 0.483 e. The minimum Gasteiger partial charge on any atom is -0.483 e. The Kier molecular flexibility index (Phi) is 14.9. The maximum Gasteiger partial charge on any atom is 0.302 e. The van der Waals surface area contributed by atoms with Crippen LogP contribution in [0.3, 0.4) is 0 Å². The molecule has 0 aromatic heterocycles. The quantitative estimate of drug-likeness (QED) is 0.335. The first-order chi connectivity index (χ1) is 9.42. The van der Waals surface area contributed by atoms with E-state index in [9.17, 15) is 14.7 Å². The molecule has 0 aromatic rings. The number of hydrogen-bond acceptors (Lipinski definition) is 6. The number of nitrogens with zero attached hydrogens (tertiary/aromatic N) is 1. The second-order valence-electron chi connectivity index (χ2n) is 3.88. The summed E-state index contributed by atoms with van der Waals surface area (Å²) in [6, 6.07) is 0. The minimum atomic E-state index is -0.848. The molecule has 1 amide bonds. The maximum absolute atomic E-state index is 11.7. The van der Waals surface area contributed by atoms with E-state index in [1.165, 1.54) is 6.92 Å². The lowest BCUT2D eigenvalue weighted by molar-refractivity contribution is -0.144. The first kappa shape index (κ1) is 21.0. The van der Waals surface area contributed by atoms with Gasteiger partial charge in [0.1, 0.15) is 12.7 Å². The first-order valence-electron chi connectivity index (χ1n) is 6.20. The van der Waals surface area contributed by atoms with E-state index in [0.29, 0.717) is 18.7 Å². The van der Waals surface area contributed by atoms with Gasteiger partial charge < -0.3 is 19.8 Å². The highest BCUT2D eigenvalue weighted by molar-refractivity contribution is 7.80. The van der Waals surface area contributed by atoms with Gasteiger partial charge in [-0.1, -0.05) is 6.92 Å². The molecule has 1 unspecified atom stereocenters. The third kappa shape index (κ3) is 13.2. The summed E-state index contributed by atoms with van der Waals surface area (Å²) in [6.07, 6.45) is 0.371. The zero-order valence-corrected chi connectivity index (χ0v) is 12.7. The highest BCUT2D eigenvalue weighted by atomic mass is 32.1. The highest BCUT2D eigenvalue weighted by Gasteiger charge is 2.16. The van der Waals surface area contributed by atoms with Crippen LogP contribution in [0, 0.1) is 0 Å². The molecule has 0 rings (SSSR count). The maximum atomic E-state index is 11.7. The van der Waals surface area contributed by atoms with Gasteiger partial charge in [0.2, 0.25) is 5.91 Å². The molecular formula is C12H23NO6S. The van der Waals surface area contributed by atoms with Crippen LogP contribution in [-0.4, -0.2) is 65.0 Å². The van der Waals surface area contributed by atoms with Crippen LogP contribution in [0.2, 0.25) is 0 Å². The third-order valence-electron chi connectivity index (χ3n) is 2.10. The van der Waals surface area contributed by atoms with Crippen molar-refractivity contribution in [2.75, 3.05) is 25.4 Å². The van der Waals surface area contributed by atoms with Gasteiger partial charge in [0.25, 0.3) is 6.47 Å². The van der Waals surface area contributed by atoms with Gasteiger partial charge >= 0.3 is 5.97 Å². The standard InChI is InChI=1S/C11H21NO4S.CH2O2/c1-3-4-11(15)12(5-6-17)7-10(14)8-16-9(2)13;2-1-3/h10,14,17H,3-8H2,1-2H3;1H,(H,2,3). The molecule has 118 valence electrons. The summed E-state index contributed by atoms with van der Waals surface area (Å²) in [5, 5.41) is 16.5. The van der Waals surface area contributed by atoms with Crippen molar-refractivity contribution in [3.63, 3.8) is 0 Å². The van der Waals surface area contributed by atoms with Gasteiger partial charge in [-0.3, -0.25) is 14.4 Å². The van der Waals surface area contributed by atoms with Gasteiger partial charge in [-0.15, -0.1) is 0 Å². The van der Waals surface area contributed by atoms with Gasteiger partial charge in [0.15, 0.2) is 0 Å². The fourth-order valence-corrected chi connectivity index (χ4v) is 1.57. The third-order valence-corrected chi connectivity index (χ3v) is 2.30. The van der Waals surface area contributed by atoms with Crippen molar-refractivity contribution < 1.29 is 29.3 Å². The normalized spacial score (nSPS) is 10.8. The Labute approximate surface area is 124 Å². The molecule has 0 aliphatic rings. The van der Waals surface area contributed by atoms with E-state index in [-0.39, 0.29) is 25.5 Å². The number of ether oxygens (including phenoxy) is 1. The topological polar surface area (TPSA) is 104 Å².